The van der Waals surface area contributed by atoms with E-state index in [1.807, 2.05) is 36.7 Å². The molecule has 0 radical (unpaired) electrons. The van der Waals surface area contributed by atoms with Crippen molar-refractivity contribution in [3.63, 3.8) is 0 Å². The molecule has 0 atom stereocenters. The van der Waals surface area contributed by atoms with Gasteiger partial charge >= 0.3 is 0 Å². The van der Waals surface area contributed by atoms with E-state index in [2.05, 4.69) is 30.2 Å². The third-order valence-electron chi connectivity index (χ3n) is 2.67. The van der Waals surface area contributed by atoms with E-state index < -0.39 is 0 Å². The number of aromatic nitrogens is 1. The molecule has 3 heteroatoms. The van der Waals surface area contributed by atoms with Gasteiger partial charge in [0.25, 0.3) is 0 Å². The van der Waals surface area contributed by atoms with Crippen molar-refractivity contribution in [2.24, 2.45) is 0 Å². The minimum atomic E-state index is 0.472. The normalized spacial score (nSPS) is 10.9. The van der Waals surface area contributed by atoms with Crippen molar-refractivity contribution in [3.8, 4) is 11.1 Å². The molecule has 0 amide bonds. The molecule has 0 spiro atoms. The van der Waals surface area contributed by atoms with Crippen LogP contribution in [0.15, 0.2) is 42.7 Å². The third-order valence-corrected chi connectivity index (χ3v) is 2.90. The maximum atomic E-state index is 6.00. The molecule has 0 unspecified atom stereocenters. The smallest absolute Gasteiger partial charge is 0.0412 e. The van der Waals surface area contributed by atoms with Gasteiger partial charge in [-0.1, -0.05) is 37.6 Å². The fourth-order valence-electron chi connectivity index (χ4n) is 1.73. The number of hydrogen-bond acceptors (Lipinski definition) is 2. The topological polar surface area (TPSA) is 24.9 Å². The number of hydrogen-bond donors (Lipinski definition) is 1. The zero-order chi connectivity index (χ0) is 13.0. The van der Waals surface area contributed by atoms with Gasteiger partial charge in [-0.2, -0.15) is 0 Å². The molecule has 2 aromatic rings. The predicted octanol–water partition coefficient (Wildman–Crippen LogP) is 3.90. The largest absolute Gasteiger partial charge is 0.310 e. The molecule has 1 aromatic heterocycles. The van der Waals surface area contributed by atoms with Crippen LogP contribution < -0.4 is 5.32 Å². The quantitative estimate of drug-likeness (QED) is 0.902. The first kappa shape index (κ1) is 13.1. The summed E-state index contributed by atoms with van der Waals surface area (Å²) in [4.78, 5) is 4.29. The fraction of sp³-hybridized carbons (Fsp3) is 0.267. The standard InChI is InChI=1S/C15H17ClN2/c1-11(2)18-9-12-6-14(10-17-8-12)13-4-3-5-15(16)7-13/h3-8,10-11,18H,9H2,1-2H3. The van der Waals surface area contributed by atoms with Crippen LogP contribution in [0.25, 0.3) is 11.1 Å². The molecular weight excluding hydrogens is 244 g/mol. The number of nitrogens with one attached hydrogen (secondary N) is 1. The van der Waals surface area contributed by atoms with Crippen LogP contribution in [0.1, 0.15) is 19.4 Å². The molecule has 0 aliphatic heterocycles. The van der Waals surface area contributed by atoms with Crippen LogP contribution in [0.5, 0.6) is 0 Å². The van der Waals surface area contributed by atoms with Gasteiger partial charge in [0, 0.05) is 35.6 Å². The zero-order valence-corrected chi connectivity index (χ0v) is 11.4. The van der Waals surface area contributed by atoms with E-state index in [1.165, 1.54) is 5.56 Å². The third kappa shape index (κ3) is 3.56. The second-order valence-corrected chi connectivity index (χ2v) is 5.06. The highest BCUT2D eigenvalue weighted by Crippen LogP contribution is 2.22. The van der Waals surface area contributed by atoms with E-state index in [0.29, 0.717) is 6.04 Å². The lowest BCUT2D eigenvalue weighted by Gasteiger charge is -2.09. The van der Waals surface area contributed by atoms with Gasteiger partial charge in [-0.25, -0.2) is 0 Å². The van der Waals surface area contributed by atoms with E-state index in [0.717, 1.165) is 22.7 Å². The van der Waals surface area contributed by atoms with Crippen LogP contribution >= 0.6 is 11.6 Å². The summed E-state index contributed by atoms with van der Waals surface area (Å²) in [5.74, 6) is 0. The van der Waals surface area contributed by atoms with Crippen molar-refractivity contribution in [2.75, 3.05) is 0 Å². The van der Waals surface area contributed by atoms with Gasteiger partial charge in [0.2, 0.25) is 0 Å². The Balaban J connectivity index is 2.21. The molecular formula is C15H17ClN2. The molecule has 0 bridgehead atoms. The second kappa shape index (κ2) is 5.98. The van der Waals surface area contributed by atoms with E-state index in [4.69, 9.17) is 11.6 Å². The number of benzene rings is 1. The van der Waals surface area contributed by atoms with Gasteiger partial charge in [-0.3, -0.25) is 4.98 Å². The Labute approximate surface area is 113 Å². The highest BCUT2D eigenvalue weighted by Gasteiger charge is 2.01. The van der Waals surface area contributed by atoms with Crippen molar-refractivity contribution in [1.29, 1.82) is 0 Å². The maximum Gasteiger partial charge on any atom is 0.0412 e. The first-order valence-corrected chi connectivity index (χ1v) is 6.46. The average Bonchev–Trinajstić information content (AvgIpc) is 2.37. The molecule has 0 aliphatic carbocycles. The Kier molecular flexibility index (Phi) is 4.34. The first-order chi connectivity index (χ1) is 8.65. The molecule has 0 saturated heterocycles. The van der Waals surface area contributed by atoms with Crippen molar-refractivity contribution >= 4 is 11.6 Å². The number of nitrogens with zero attached hydrogens (tertiary/aromatic N) is 1. The highest BCUT2D eigenvalue weighted by molar-refractivity contribution is 6.30. The van der Waals surface area contributed by atoms with Gasteiger partial charge in [0.05, 0.1) is 0 Å². The van der Waals surface area contributed by atoms with Crippen molar-refractivity contribution in [1.82, 2.24) is 10.3 Å². The molecule has 1 N–H and O–H groups in total. The summed E-state index contributed by atoms with van der Waals surface area (Å²) in [5.41, 5.74) is 3.38. The fourth-order valence-corrected chi connectivity index (χ4v) is 1.92. The van der Waals surface area contributed by atoms with Crippen LogP contribution in [0, 0.1) is 0 Å². The minimum Gasteiger partial charge on any atom is -0.310 e. The molecule has 0 fully saturated rings. The lowest BCUT2D eigenvalue weighted by Crippen LogP contribution is -2.21. The Morgan fingerprint density at radius 3 is 2.72 bits per heavy atom. The summed E-state index contributed by atoms with van der Waals surface area (Å²) < 4.78 is 0. The highest BCUT2D eigenvalue weighted by atomic mass is 35.5. The van der Waals surface area contributed by atoms with Crippen LogP contribution in [0.4, 0.5) is 0 Å². The molecule has 1 heterocycles. The second-order valence-electron chi connectivity index (χ2n) is 4.63. The summed E-state index contributed by atoms with van der Waals surface area (Å²) in [7, 11) is 0. The lowest BCUT2D eigenvalue weighted by molar-refractivity contribution is 0.588. The van der Waals surface area contributed by atoms with Gasteiger partial charge in [0.1, 0.15) is 0 Å². The Morgan fingerprint density at radius 1 is 1.17 bits per heavy atom. The van der Waals surface area contributed by atoms with Gasteiger partial charge < -0.3 is 5.32 Å². The predicted molar refractivity (Wildman–Crippen MR) is 76.7 cm³/mol. The molecule has 18 heavy (non-hydrogen) atoms. The van der Waals surface area contributed by atoms with E-state index in [-0.39, 0.29) is 0 Å². The van der Waals surface area contributed by atoms with Crippen LogP contribution in [0.3, 0.4) is 0 Å². The molecule has 2 nitrogen and oxygen atoms in total. The summed E-state index contributed by atoms with van der Waals surface area (Å²) in [6, 6.07) is 10.5. The maximum absolute atomic E-state index is 6.00. The minimum absolute atomic E-state index is 0.472. The molecule has 0 saturated carbocycles. The summed E-state index contributed by atoms with van der Waals surface area (Å²) >= 11 is 6.00. The Morgan fingerprint density at radius 2 is 2.00 bits per heavy atom. The number of pyridine rings is 1. The molecule has 0 aliphatic rings. The average molecular weight is 261 g/mol. The van der Waals surface area contributed by atoms with Gasteiger partial charge in [-0.05, 0) is 29.3 Å². The van der Waals surface area contributed by atoms with E-state index in [1.54, 1.807) is 0 Å². The van der Waals surface area contributed by atoms with Crippen LogP contribution in [-0.4, -0.2) is 11.0 Å². The SMILES string of the molecule is CC(C)NCc1cncc(-c2cccc(Cl)c2)c1. The lowest BCUT2D eigenvalue weighted by atomic mass is 10.1. The van der Waals surface area contributed by atoms with Crippen molar-refractivity contribution in [3.05, 3.63) is 53.3 Å². The van der Waals surface area contributed by atoms with Crippen molar-refractivity contribution in [2.45, 2.75) is 26.4 Å². The van der Waals surface area contributed by atoms with E-state index in [9.17, 15) is 0 Å². The number of rotatable bonds is 4. The molecule has 94 valence electrons. The van der Waals surface area contributed by atoms with Crippen LogP contribution in [0.2, 0.25) is 5.02 Å². The summed E-state index contributed by atoms with van der Waals surface area (Å²) in [6.07, 6.45) is 3.76. The number of halogens is 1. The molecule has 2 rings (SSSR count). The Hall–Kier alpha value is -1.38. The Bertz CT molecular complexity index is 523. The zero-order valence-electron chi connectivity index (χ0n) is 10.7. The summed E-state index contributed by atoms with van der Waals surface area (Å²) in [6.45, 7) is 5.10. The van der Waals surface area contributed by atoms with Gasteiger partial charge in [0.15, 0.2) is 0 Å². The van der Waals surface area contributed by atoms with Crippen LogP contribution in [-0.2, 0) is 6.54 Å². The molecule has 1 aromatic carbocycles. The monoisotopic (exact) mass is 260 g/mol. The van der Waals surface area contributed by atoms with Gasteiger partial charge in [-0.15, -0.1) is 0 Å². The first-order valence-electron chi connectivity index (χ1n) is 6.08. The van der Waals surface area contributed by atoms with Crippen molar-refractivity contribution < 1.29 is 0 Å². The summed E-state index contributed by atoms with van der Waals surface area (Å²) in [5, 5.41) is 4.13. The van der Waals surface area contributed by atoms with E-state index >= 15 is 0 Å².